The third-order valence-electron chi connectivity index (χ3n) is 2.88. The van der Waals surface area contributed by atoms with Gasteiger partial charge in [0.1, 0.15) is 11.9 Å². The topological polar surface area (TPSA) is 53.3 Å². The number of halogens is 1. The van der Waals surface area contributed by atoms with Crippen molar-refractivity contribution in [3.8, 4) is 6.07 Å². The standard InChI is InChI=1S/C12H11FN2O2/c1-17-12(16)11-4-5-15(11)10-3-2-8(7-14)6-9(10)13/h2-3,6,11H,4-5H2,1H3. The van der Waals surface area contributed by atoms with E-state index in [1.807, 2.05) is 6.07 Å². The molecule has 2 rings (SSSR count). The van der Waals surface area contributed by atoms with E-state index in [4.69, 9.17) is 5.26 Å². The molecule has 4 nitrogen and oxygen atoms in total. The van der Waals surface area contributed by atoms with Crippen molar-refractivity contribution in [1.29, 1.82) is 5.26 Å². The molecule has 0 radical (unpaired) electrons. The van der Waals surface area contributed by atoms with Crippen LogP contribution >= 0.6 is 0 Å². The number of nitrogens with zero attached hydrogens (tertiary/aromatic N) is 2. The van der Waals surface area contributed by atoms with Crippen LogP contribution in [0.15, 0.2) is 18.2 Å². The molecule has 1 aliphatic rings. The molecule has 1 atom stereocenters. The first-order chi connectivity index (χ1) is 8.17. The molecule has 0 aromatic heterocycles. The molecule has 1 aliphatic heterocycles. The van der Waals surface area contributed by atoms with Gasteiger partial charge in [0.05, 0.1) is 24.4 Å². The van der Waals surface area contributed by atoms with Crippen molar-refractivity contribution in [3.63, 3.8) is 0 Å². The van der Waals surface area contributed by atoms with Gasteiger partial charge in [0.2, 0.25) is 0 Å². The maximum atomic E-state index is 13.7. The maximum absolute atomic E-state index is 13.7. The second kappa shape index (κ2) is 4.42. The van der Waals surface area contributed by atoms with Gasteiger partial charge in [-0.05, 0) is 24.6 Å². The van der Waals surface area contributed by atoms with Crippen LogP contribution < -0.4 is 4.90 Å². The van der Waals surface area contributed by atoms with Gasteiger partial charge in [0.15, 0.2) is 0 Å². The number of hydrogen-bond donors (Lipinski definition) is 0. The van der Waals surface area contributed by atoms with Gasteiger partial charge in [-0.3, -0.25) is 0 Å². The number of nitriles is 1. The molecule has 0 N–H and O–H groups in total. The summed E-state index contributed by atoms with van der Waals surface area (Å²) in [7, 11) is 1.31. The molecule has 0 spiro atoms. The Morgan fingerprint density at radius 1 is 1.65 bits per heavy atom. The van der Waals surface area contributed by atoms with Crippen LogP contribution in [0.4, 0.5) is 10.1 Å². The zero-order chi connectivity index (χ0) is 12.4. The lowest BCUT2D eigenvalue weighted by Gasteiger charge is -2.40. The number of rotatable bonds is 2. The molecule has 5 heteroatoms. The van der Waals surface area contributed by atoms with Gasteiger partial charge >= 0.3 is 5.97 Å². The van der Waals surface area contributed by atoms with Crippen LogP contribution in [0, 0.1) is 17.1 Å². The molecule has 0 saturated carbocycles. The Hall–Kier alpha value is -2.09. The van der Waals surface area contributed by atoms with E-state index in [0.29, 0.717) is 18.7 Å². The largest absolute Gasteiger partial charge is 0.467 e. The fraction of sp³-hybridized carbons (Fsp3) is 0.333. The number of anilines is 1. The lowest BCUT2D eigenvalue weighted by atomic mass is 10.0. The predicted molar refractivity (Wildman–Crippen MR) is 58.9 cm³/mol. The summed E-state index contributed by atoms with van der Waals surface area (Å²) in [6, 6.07) is 5.67. The molecule has 1 aromatic rings. The van der Waals surface area contributed by atoms with Crippen LogP contribution in [-0.4, -0.2) is 25.7 Å². The van der Waals surface area contributed by atoms with E-state index >= 15 is 0 Å². The predicted octanol–water partition coefficient (Wildman–Crippen LogP) is 1.45. The molecule has 17 heavy (non-hydrogen) atoms. The first kappa shape index (κ1) is 11.4. The Labute approximate surface area is 98.2 Å². The average Bonchev–Trinajstić information content (AvgIpc) is 2.30. The molecule has 0 amide bonds. The summed E-state index contributed by atoms with van der Waals surface area (Å²) in [4.78, 5) is 13.0. The van der Waals surface area contributed by atoms with E-state index in [9.17, 15) is 9.18 Å². The minimum absolute atomic E-state index is 0.265. The Kier molecular flexibility index (Phi) is 2.96. The summed E-state index contributed by atoms with van der Waals surface area (Å²) >= 11 is 0. The van der Waals surface area contributed by atoms with Crippen molar-refractivity contribution in [2.24, 2.45) is 0 Å². The Balaban J connectivity index is 2.24. The summed E-state index contributed by atoms with van der Waals surface area (Å²) in [6.07, 6.45) is 0.659. The van der Waals surface area contributed by atoms with Gasteiger partial charge in [0, 0.05) is 6.54 Å². The second-order valence-corrected chi connectivity index (χ2v) is 3.80. The second-order valence-electron chi connectivity index (χ2n) is 3.80. The average molecular weight is 234 g/mol. The van der Waals surface area contributed by atoms with Crippen molar-refractivity contribution >= 4 is 11.7 Å². The van der Waals surface area contributed by atoms with Gasteiger partial charge in [-0.15, -0.1) is 0 Å². The lowest BCUT2D eigenvalue weighted by Crippen LogP contribution is -2.53. The summed E-state index contributed by atoms with van der Waals surface area (Å²) in [5, 5.41) is 8.64. The van der Waals surface area contributed by atoms with Crippen LogP contribution in [0.25, 0.3) is 0 Å². The highest BCUT2D eigenvalue weighted by atomic mass is 19.1. The molecule has 1 unspecified atom stereocenters. The van der Waals surface area contributed by atoms with Crippen molar-refractivity contribution in [3.05, 3.63) is 29.6 Å². The van der Waals surface area contributed by atoms with Crippen LogP contribution in [0.1, 0.15) is 12.0 Å². The number of benzene rings is 1. The minimum atomic E-state index is -0.488. The Morgan fingerprint density at radius 2 is 2.41 bits per heavy atom. The van der Waals surface area contributed by atoms with Crippen molar-refractivity contribution in [2.75, 3.05) is 18.6 Å². The van der Waals surface area contributed by atoms with Crippen LogP contribution in [0.3, 0.4) is 0 Å². The van der Waals surface area contributed by atoms with Crippen molar-refractivity contribution in [2.45, 2.75) is 12.5 Å². The van der Waals surface area contributed by atoms with Gasteiger partial charge in [-0.25, -0.2) is 9.18 Å². The van der Waals surface area contributed by atoms with Crippen LogP contribution in [-0.2, 0) is 9.53 Å². The summed E-state index contributed by atoms with van der Waals surface area (Å²) in [5.74, 6) is -0.849. The Bertz CT molecular complexity index is 496. The van der Waals surface area contributed by atoms with E-state index in [1.165, 1.54) is 25.3 Å². The van der Waals surface area contributed by atoms with E-state index < -0.39 is 11.9 Å². The van der Waals surface area contributed by atoms with Crippen LogP contribution in [0.2, 0.25) is 0 Å². The fourth-order valence-electron chi connectivity index (χ4n) is 1.87. The molecular formula is C12H11FN2O2. The number of methoxy groups -OCH3 is 1. The third kappa shape index (κ3) is 1.94. The molecule has 1 saturated heterocycles. The minimum Gasteiger partial charge on any atom is -0.467 e. The summed E-state index contributed by atoms with van der Waals surface area (Å²) in [6.45, 7) is 0.614. The van der Waals surface area contributed by atoms with Crippen molar-refractivity contribution < 1.29 is 13.9 Å². The molecule has 1 aromatic carbocycles. The third-order valence-corrected chi connectivity index (χ3v) is 2.88. The number of hydrogen-bond acceptors (Lipinski definition) is 4. The highest BCUT2D eigenvalue weighted by Crippen LogP contribution is 2.29. The monoisotopic (exact) mass is 234 g/mol. The lowest BCUT2D eigenvalue weighted by molar-refractivity contribution is -0.143. The molecular weight excluding hydrogens is 223 g/mol. The highest BCUT2D eigenvalue weighted by molar-refractivity contribution is 5.82. The number of esters is 1. The summed E-state index contributed by atoms with van der Waals surface area (Å²) < 4.78 is 18.3. The van der Waals surface area contributed by atoms with E-state index in [0.717, 1.165) is 0 Å². The quantitative estimate of drug-likeness (QED) is 0.727. The first-order valence-corrected chi connectivity index (χ1v) is 5.21. The van der Waals surface area contributed by atoms with Gasteiger partial charge < -0.3 is 9.64 Å². The zero-order valence-electron chi connectivity index (χ0n) is 9.31. The molecule has 0 bridgehead atoms. The first-order valence-electron chi connectivity index (χ1n) is 5.21. The summed E-state index contributed by atoms with van der Waals surface area (Å²) in [5.41, 5.74) is 0.604. The SMILES string of the molecule is COC(=O)C1CCN1c1ccc(C#N)cc1F. The fourth-order valence-corrected chi connectivity index (χ4v) is 1.87. The molecule has 0 aliphatic carbocycles. The van der Waals surface area contributed by atoms with Gasteiger partial charge in [-0.1, -0.05) is 0 Å². The zero-order valence-corrected chi connectivity index (χ0v) is 9.31. The highest BCUT2D eigenvalue weighted by Gasteiger charge is 2.36. The number of carbonyl (C=O) groups is 1. The van der Waals surface area contributed by atoms with Crippen LogP contribution in [0.5, 0.6) is 0 Å². The van der Waals surface area contributed by atoms with Gasteiger partial charge in [0.25, 0.3) is 0 Å². The van der Waals surface area contributed by atoms with E-state index in [1.54, 1.807) is 4.90 Å². The number of ether oxygens (including phenoxy) is 1. The molecule has 1 heterocycles. The normalized spacial score (nSPS) is 18.2. The number of carbonyl (C=O) groups excluding carboxylic acids is 1. The van der Waals surface area contributed by atoms with Crippen molar-refractivity contribution in [1.82, 2.24) is 0 Å². The Morgan fingerprint density at radius 3 is 2.88 bits per heavy atom. The van der Waals surface area contributed by atoms with E-state index in [2.05, 4.69) is 4.74 Å². The van der Waals surface area contributed by atoms with Gasteiger partial charge in [-0.2, -0.15) is 5.26 Å². The maximum Gasteiger partial charge on any atom is 0.328 e. The molecule has 88 valence electrons. The van der Waals surface area contributed by atoms with E-state index in [-0.39, 0.29) is 11.5 Å². The smallest absolute Gasteiger partial charge is 0.328 e. The molecule has 1 fully saturated rings.